The van der Waals surface area contributed by atoms with Crippen LogP contribution in [0.25, 0.3) is 0 Å². The molecule has 0 saturated heterocycles. The molecule has 182 valence electrons. The Hall–Kier alpha value is -0.340. The summed E-state index contributed by atoms with van der Waals surface area (Å²) in [7, 11) is 0. The third-order valence-electron chi connectivity index (χ3n) is 13.6. The highest BCUT2D eigenvalue weighted by Crippen LogP contribution is 2.76. The Morgan fingerprint density at radius 1 is 0.781 bits per heavy atom. The fourth-order valence-electron chi connectivity index (χ4n) is 11.3. The second-order valence-electron chi connectivity index (χ2n) is 14.7. The molecule has 0 radical (unpaired) electrons. The topological polar surface area (TPSA) is 40.5 Å². The first kappa shape index (κ1) is 23.4. The van der Waals surface area contributed by atoms with Gasteiger partial charge in [-0.2, -0.15) is 0 Å². The first-order chi connectivity index (χ1) is 14.7. The first-order valence-corrected chi connectivity index (χ1v) is 13.8. The summed E-state index contributed by atoms with van der Waals surface area (Å²) in [6, 6.07) is 0. The zero-order valence-electron chi connectivity index (χ0n) is 22.2. The Bertz CT molecular complexity index is 814. The average Bonchev–Trinajstić information content (AvgIpc) is 2.70. The number of hydrogen-bond donors (Lipinski definition) is 2. The number of fused-ring (bicyclic) bond motifs is 7. The minimum absolute atomic E-state index is 0.0104. The molecule has 11 atom stereocenters. The smallest absolute Gasteiger partial charge is 0.0605 e. The van der Waals surface area contributed by atoms with Gasteiger partial charge in [-0.1, -0.05) is 60.1 Å². The van der Waals surface area contributed by atoms with Gasteiger partial charge < -0.3 is 10.2 Å². The molecule has 5 rings (SSSR count). The Kier molecular flexibility index (Phi) is 5.02. The van der Waals surface area contributed by atoms with Crippen molar-refractivity contribution in [3.05, 3.63) is 11.6 Å². The van der Waals surface area contributed by atoms with Crippen LogP contribution in [0.3, 0.4) is 0 Å². The molecule has 0 spiro atoms. The molecule has 32 heavy (non-hydrogen) atoms. The molecule has 4 fully saturated rings. The summed E-state index contributed by atoms with van der Waals surface area (Å²) >= 11 is 0. The molecule has 0 bridgehead atoms. The fraction of sp³-hybridized carbons (Fsp3) is 0.933. The van der Waals surface area contributed by atoms with E-state index in [0.717, 1.165) is 19.3 Å². The van der Waals surface area contributed by atoms with Gasteiger partial charge in [0.25, 0.3) is 0 Å². The monoisotopic (exact) mass is 442 g/mol. The summed E-state index contributed by atoms with van der Waals surface area (Å²) in [6.45, 7) is 19.7. The van der Waals surface area contributed by atoms with Crippen LogP contribution in [0.2, 0.25) is 0 Å². The van der Waals surface area contributed by atoms with Gasteiger partial charge in [-0.25, -0.2) is 0 Å². The molecule has 0 aromatic rings. The molecular weight excluding hydrogens is 392 g/mol. The number of rotatable bonds is 0. The highest BCUT2D eigenvalue weighted by atomic mass is 16.3. The number of aliphatic hydroxyl groups excluding tert-OH is 2. The lowest BCUT2D eigenvalue weighted by Gasteiger charge is -2.74. The largest absolute Gasteiger partial charge is 0.393 e. The molecule has 2 N–H and O–H groups in total. The van der Waals surface area contributed by atoms with Crippen LogP contribution in [0, 0.1) is 56.7 Å². The first-order valence-electron chi connectivity index (χ1n) is 13.8. The molecule has 2 heteroatoms. The van der Waals surface area contributed by atoms with Crippen molar-refractivity contribution in [3.8, 4) is 0 Å². The van der Waals surface area contributed by atoms with Crippen LogP contribution in [-0.4, -0.2) is 22.4 Å². The normalized spacial score (nSPS) is 59.2. The van der Waals surface area contributed by atoms with E-state index in [4.69, 9.17) is 0 Å². The lowest BCUT2D eigenvalue weighted by molar-refractivity contribution is -0.267. The molecule has 5 aliphatic rings. The summed E-state index contributed by atoms with van der Waals surface area (Å²) in [5.74, 6) is 3.18. The van der Waals surface area contributed by atoms with Gasteiger partial charge in [0.15, 0.2) is 0 Å². The lowest BCUT2D eigenvalue weighted by Crippen LogP contribution is -2.69. The van der Waals surface area contributed by atoms with Crippen LogP contribution < -0.4 is 0 Å². The predicted molar refractivity (Wildman–Crippen MR) is 132 cm³/mol. The van der Waals surface area contributed by atoms with Crippen LogP contribution in [0.5, 0.6) is 0 Å². The molecule has 0 heterocycles. The fourth-order valence-corrected chi connectivity index (χ4v) is 11.3. The zero-order valence-corrected chi connectivity index (χ0v) is 22.2. The minimum atomic E-state index is -0.203. The van der Waals surface area contributed by atoms with Crippen molar-refractivity contribution in [2.24, 2.45) is 56.7 Å². The van der Waals surface area contributed by atoms with E-state index >= 15 is 0 Å². The standard InChI is InChI=1S/C30H50O2/c1-18-11-14-28(6)24(32)17-30(8)20(25(28)19(18)2)9-10-22-27(5)15-13-23(31)26(3,4)21(27)12-16-29(22,30)7/h11,19-25,31-32H,9-10,12-17H2,1-8H3/t19-,20+,21-,22?,23+,24+,25+,27-,28-,29+,30+/m1/s1. The van der Waals surface area contributed by atoms with Gasteiger partial charge in [0.05, 0.1) is 12.2 Å². The van der Waals surface area contributed by atoms with Gasteiger partial charge >= 0.3 is 0 Å². The second-order valence-corrected chi connectivity index (χ2v) is 14.7. The number of allylic oxidation sites excluding steroid dienone is 2. The van der Waals surface area contributed by atoms with Crippen LogP contribution in [-0.2, 0) is 0 Å². The molecule has 0 aliphatic heterocycles. The van der Waals surface area contributed by atoms with Gasteiger partial charge in [0.1, 0.15) is 0 Å². The highest BCUT2D eigenvalue weighted by molar-refractivity contribution is 5.24. The maximum Gasteiger partial charge on any atom is 0.0605 e. The molecular formula is C30H50O2. The second kappa shape index (κ2) is 6.87. The Morgan fingerprint density at radius 3 is 2.16 bits per heavy atom. The number of aliphatic hydroxyl groups is 2. The van der Waals surface area contributed by atoms with Crippen molar-refractivity contribution < 1.29 is 10.2 Å². The van der Waals surface area contributed by atoms with Gasteiger partial charge in [-0.15, -0.1) is 0 Å². The predicted octanol–water partition coefficient (Wildman–Crippen LogP) is 7.00. The summed E-state index contributed by atoms with van der Waals surface area (Å²) in [5.41, 5.74) is 2.37. The van der Waals surface area contributed by atoms with Crippen molar-refractivity contribution in [3.63, 3.8) is 0 Å². The van der Waals surface area contributed by atoms with Gasteiger partial charge in [-0.3, -0.25) is 0 Å². The average molecular weight is 443 g/mol. The van der Waals surface area contributed by atoms with Crippen molar-refractivity contribution in [1.82, 2.24) is 0 Å². The van der Waals surface area contributed by atoms with E-state index in [1.54, 1.807) is 5.57 Å². The Labute approximate surface area is 197 Å². The maximum atomic E-state index is 11.7. The van der Waals surface area contributed by atoms with E-state index in [1.807, 2.05) is 0 Å². The van der Waals surface area contributed by atoms with Gasteiger partial charge in [-0.05, 0) is 110 Å². The Balaban J connectivity index is 1.57. The third kappa shape index (κ3) is 2.61. The molecule has 1 unspecified atom stereocenters. The van der Waals surface area contributed by atoms with Crippen molar-refractivity contribution in [1.29, 1.82) is 0 Å². The molecule has 5 aliphatic carbocycles. The van der Waals surface area contributed by atoms with Gasteiger partial charge in [0, 0.05) is 5.41 Å². The Morgan fingerprint density at radius 2 is 1.47 bits per heavy atom. The van der Waals surface area contributed by atoms with Crippen LogP contribution >= 0.6 is 0 Å². The molecule has 0 amide bonds. The van der Waals surface area contributed by atoms with E-state index in [2.05, 4.69) is 61.5 Å². The number of hydrogen-bond acceptors (Lipinski definition) is 2. The summed E-state index contributed by atoms with van der Waals surface area (Å²) in [5, 5.41) is 22.6. The molecule has 0 aromatic heterocycles. The third-order valence-corrected chi connectivity index (χ3v) is 13.6. The summed E-state index contributed by atoms with van der Waals surface area (Å²) in [6.07, 6.45) is 11.4. The zero-order chi connectivity index (χ0) is 23.5. The van der Waals surface area contributed by atoms with E-state index in [-0.39, 0.29) is 33.9 Å². The van der Waals surface area contributed by atoms with Crippen LogP contribution in [0.4, 0.5) is 0 Å². The quantitative estimate of drug-likeness (QED) is 0.397. The van der Waals surface area contributed by atoms with Crippen LogP contribution in [0.1, 0.15) is 107 Å². The van der Waals surface area contributed by atoms with E-state index in [0.29, 0.717) is 35.0 Å². The van der Waals surface area contributed by atoms with E-state index < -0.39 is 0 Å². The SMILES string of the molecule is CC1=CC[C@@]2(C)[C@@H]([C@@H]1C)[C@@H]1CCC3[C@]4(C)CC[C@H](O)C(C)(C)[C@H]4CC[C@]3(C)[C@@]1(C)C[C@@H]2O. The van der Waals surface area contributed by atoms with Crippen molar-refractivity contribution in [2.45, 2.75) is 119 Å². The maximum absolute atomic E-state index is 11.7. The van der Waals surface area contributed by atoms with E-state index in [9.17, 15) is 10.2 Å². The summed E-state index contributed by atoms with van der Waals surface area (Å²) in [4.78, 5) is 0. The van der Waals surface area contributed by atoms with Gasteiger partial charge in [0.2, 0.25) is 0 Å². The van der Waals surface area contributed by atoms with Crippen molar-refractivity contribution in [2.75, 3.05) is 0 Å². The minimum Gasteiger partial charge on any atom is -0.393 e. The molecule has 2 nitrogen and oxygen atoms in total. The molecule has 4 saturated carbocycles. The lowest BCUT2D eigenvalue weighted by atomic mass is 9.31. The molecule has 0 aromatic carbocycles. The highest BCUT2D eigenvalue weighted by Gasteiger charge is 2.70. The van der Waals surface area contributed by atoms with Crippen LogP contribution in [0.15, 0.2) is 11.6 Å². The summed E-state index contributed by atoms with van der Waals surface area (Å²) < 4.78 is 0. The van der Waals surface area contributed by atoms with E-state index in [1.165, 1.54) is 32.1 Å². The van der Waals surface area contributed by atoms with Crippen molar-refractivity contribution >= 4 is 0 Å².